The SMILES string of the molecule is CN1C[C@H]2CCCC1(C)C2. The molecule has 0 aromatic carbocycles. The highest BCUT2D eigenvalue weighted by atomic mass is 15.2. The second-order valence-electron chi connectivity index (χ2n) is 4.34. The van der Waals surface area contributed by atoms with E-state index < -0.39 is 0 Å². The van der Waals surface area contributed by atoms with Gasteiger partial charge in [0.05, 0.1) is 0 Å². The van der Waals surface area contributed by atoms with Crippen LogP contribution in [0.4, 0.5) is 0 Å². The third-order valence-corrected chi connectivity index (χ3v) is 3.51. The first-order valence-corrected chi connectivity index (χ1v) is 4.42. The molecule has 0 N–H and O–H groups in total. The van der Waals surface area contributed by atoms with E-state index in [-0.39, 0.29) is 0 Å². The summed E-state index contributed by atoms with van der Waals surface area (Å²) >= 11 is 0. The van der Waals surface area contributed by atoms with Crippen LogP contribution in [0.25, 0.3) is 0 Å². The van der Waals surface area contributed by atoms with Gasteiger partial charge in [0.25, 0.3) is 0 Å². The molecule has 0 radical (unpaired) electrons. The average Bonchev–Trinajstić information content (AvgIpc) is 2.04. The minimum Gasteiger partial charge on any atom is -0.301 e. The highest BCUT2D eigenvalue weighted by Gasteiger charge is 2.41. The Bertz CT molecular complexity index is 144. The van der Waals surface area contributed by atoms with E-state index in [2.05, 4.69) is 18.9 Å². The molecule has 0 spiro atoms. The second kappa shape index (κ2) is 1.97. The minimum atomic E-state index is 0.586. The smallest absolute Gasteiger partial charge is 0.0181 e. The molecule has 0 amide bonds. The van der Waals surface area contributed by atoms with E-state index in [0.29, 0.717) is 5.54 Å². The number of hydrogen-bond donors (Lipinski definition) is 0. The monoisotopic (exact) mass is 139 g/mol. The van der Waals surface area contributed by atoms with Crippen LogP contribution < -0.4 is 0 Å². The van der Waals surface area contributed by atoms with Gasteiger partial charge in [0.15, 0.2) is 0 Å². The largest absolute Gasteiger partial charge is 0.301 e. The van der Waals surface area contributed by atoms with E-state index in [9.17, 15) is 0 Å². The Kier molecular flexibility index (Phi) is 1.31. The van der Waals surface area contributed by atoms with Crippen molar-refractivity contribution in [1.82, 2.24) is 4.90 Å². The van der Waals surface area contributed by atoms with E-state index in [1.54, 1.807) is 0 Å². The van der Waals surface area contributed by atoms with Crippen molar-refractivity contribution in [3.63, 3.8) is 0 Å². The van der Waals surface area contributed by atoms with Crippen LogP contribution in [0.3, 0.4) is 0 Å². The minimum absolute atomic E-state index is 0.586. The molecule has 0 aromatic rings. The number of likely N-dealkylation sites (tertiary alicyclic amines) is 1. The number of nitrogens with zero attached hydrogens (tertiary/aromatic N) is 1. The summed E-state index contributed by atoms with van der Waals surface area (Å²) < 4.78 is 0. The van der Waals surface area contributed by atoms with Gasteiger partial charge in [-0.1, -0.05) is 6.42 Å². The predicted octanol–water partition coefficient (Wildman–Crippen LogP) is 1.88. The van der Waals surface area contributed by atoms with E-state index >= 15 is 0 Å². The van der Waals surface area contributed by atoms with E-state index in [1.165, 1.54) is 32.2 Å². The van der Waals surface area contributed by atoms with Crippen molar-refractivity contribution in [3.8, 4) is 0 Å². The maximum Gasteiger partial charge on any atom is 0.0181 e. The Hall–Kier alpha value is -0.0400. The molecule has 2 aliphatic rings. The quantitative estimate of drug-likeness (QED) is 0.495. The molecule has 1 unspecified atom stereocenters. The van der Waals surface area contributed by atoms with Crippen LogP contribution in [-0.4, -0.2) is 24.0 Å². The molecule has 1 heteroatoms. The van der Waals surface area contributed by atoms with Gasteiger partial charge in [0.2, 0.25) is 0 Å². The van der Waals surface area contributed by atoms with Crippen molar-refractivity contribution < 1.29 is 0 Å². The summed E-state index contributed by atoms with van der Waals surface area (Å²) in [4.78, 5) is 2.56. The van der Waals surface area contributed by atoms with Gasteiger partial charge in [0.1, 0.15) is 0 Å². The summed E-state index contributed by atoms with van der Waals surface area (Å²) in [6, 6.07) is 0. The van der Waals surface area contributed by atoms with Crippen molar-refractivity contribution in [2.24, 2.45) is 5.92 Å². The molecular formula is C9H17N. The van der Waals surface area contributed by atoms with Crippen LogP contribution in [0, 0.1) is 5.92 Å². The first-order valence-electron chi connectivity index (χ1n) is 4.42. The van der Waals surface area contributed by atoms with Gasteiger partial charge in [-0.3, -0.25) is 0 Å². The Morgan fingerprint density at radius 2 is 2.30 bits per heavy atom. The lowest BCUT2D eigenvalue weighted by Gasteiger charge is -2.33. The van der Waals surface area contributed by atoms with E-state index in [1.807, 2.05) is 0 Å². The molecule has 1 heterocycles. The van der Waals surface area contributed by atoms with Crippen LogP contribution >= 0.6 is 0 Å². The van der Waals surface area contributed by atoms with Gasteiger partial charge in [-0.25, -0.2) is 0 Å². The van der Waals surface area contributed by atoms with Gasteiger partial charge in [-0.15, -0.1) is 0 Å². The Morgan fingerprint density at radius 1 is 1.50 bits per heavy atom. The van der Waals surface area contributed by atoms with Gasteiger partial charge in [0, 0.05) is 12.1 Å². The number of fused-ring (bicyclic) bond motifs is 2. The van der Waals surface area contributed by atoms with Crippen LogP contribution in [-0.2, 0) is 0 Å². The fraction of sp³-hybridized carbons (Fsp3) is 1.00. The third-order valence-electron chi connectivity index (χ3n) is 3.51. The van der Waals surface area contributed by atoms with Crippen molar-refractivity contribution >= 4 is 0 Å². The molecule has 0 aromatic heterocycles. The highest BCUT2D eigenvalue weighted by molar-refractivity contribution is 4.97. The molecule has 2 fully saturated rings. The Morgan fingerprint density at radius 3 is 2.90 bits per heavy atom. The van der Waals surface area contributed by atoms with Gasteiger partial charge < -0.3 is 4.90 Å². The van der Waals surface area contributed by atoms with Crippen LogP contribution in [0.15, 0.2) is 0 Å². The van der Waals surface area contributed by atoms with Crippen molar-refractivity contribution in [1.29, 1.82) is 0 Å². The van der Waals surface area contributed by atoms with Crippen molar-refractivity contribution in [2.45, 2.75) is 38.1 Å². The van der Waals surface area contributed by atoms with Crippen LogP contribution in [0.1, 0.15) is 32.6 Å². The molecule has 58 valence electrons. The fourth-order valence-corrected chi connectivity index (χ4v) is 2.71. The summed E-state index contributed by atoms with van der Waals surface area (Å²) in [7, 11) is 2.28. The Labute approximate surface area is 63.4 Å². The fourth-order valence-electron chi connectivity index (χ4n) is 2.71. The molecule has 10 heavy (non-hydrogen) atoms. The zero-order valence-electron chi connectivity index (χ0n) is 7.06. The zero-order valence-corrected chi connectivity index (χ0v) is 7.06. The van der Waals surface area contributed by atoms with Gasteiger partial charge in [-0.05, 0) is 39.2 Å². The highest BCUT2D eigenvalue weighted by Crippen LogP contribution is 2.42. The third kappa shape index (κ3) is 0.800. The summed E-state index contributed by atoms with van der Waals surface area (Å²) in [6.07, 6.45) is 5.84. The molecule has 2 rings (SSSR count). The topological polar surface area (TPSA) is 3.24 Å². The number of rotatable bonds is 0. The lowest BCUT2D eigenvalue weighted by Crippen LogP contribution is -2.37. The summed E-state index contributed by atoms with van der Waals surface area (Å²) in [6.45, 7) is 3.78. The zero-order chi connectivity index (χ0) is 7.19. The summed E-state index contributed by atoms with van der Waals surface area (Å²) in [5.74, 6) is 1.03. The van der Waals surface area contributed by atoms with E-state index in [0.717, 1.165) is 5.92 Å². The maximum absolute atomic E-state index is 2.56. The van der Waals surface area contributed by atoms with Gasteiger partial charge in [-0.2, -0.15) is 0 Å². The second-order valence-corrected chi connectivity index (χ2v) is 4.34. The van der Waals surface area contributed by atoms with Crippen molar-refractivity contribution in [2.75, 3.05) is 13.6 Å². The molecule has 1 saturated carbocycles. The lowest BCUT2D eigenvalue weighted by atomic mass is 9.81. The van der Waals surface area contributed by atoms with Gasteiger partial charge >= 0.3 is 0 Å². The molecule has 1 aliphatic carbocycles. The van der Waals surface area contributed by atoms with Crippen LogP contribution in [0.5, 0.6) is 0 Å². The van der Waals surface area contributed by atoms with E-state index in [4.69, 9.17) is 0 Å². The average molecular weight is 139 g/mol. The molecule has 1 nitrogen and oxygen atoms in total. The molecule has 2 bridgehead atoms. The first kappa shape index (κ1) is 6.66. The first-order chi connectivity index (χ1) is 4.71. The summed E-state index contributed by atoms with van der Waals surface area (Å²) in [5, 5.41) is 0. The normalized spacial score (nSPS) is 48.0. The maximum atomic E-state index is 2.56. The molecule has 2 atom stereocenters. The molecule has 1 saturated heterocycles. The standard InChI is InChI=1S/C9H17N/c1-9-5-3-4-8(6-9)7-10(9)2/h8H,3-7H2,1-2H3/t8-,9?/m0/s1. The predicted molar refractivity (Wildman–Crippen MR) is 43.0 cm³/mol. The lowest BCUT2D eigenvalue weighted by molar-refractivity contribution is 0.175. The van der Waals surface area contributed by atoms with Crippen LogP contribution in [0.2, 0.25) is 0 Å². The number of hydrogen-bond acceptors (Lipinski definition) is 1. The summed E-state index contributed by atoms with van der Waals surface area (Å²) in [5.41, 5.74) is 0.586. The molecule has 1 aliphatic heterocycles. The Balaban J connectivity index is 2.18. The molecular weight excluding hydrogens is 122 g/mol. The van der Waals surface area contributed by atoms with Crippen molar-refractivity contribution in [3.05, 3.63) is 0 Å².